The first-order valence-corrected chi connectivity index (χ1v) is 7.28. The van der Waals surface area contributed by atoms with Crippen molar-refractivity contribution >= 4 is 0 Å². The highest BCUT2D eigenvalue weighted by Gasteiger charge is 2.31. The van der Waals surface area contributed by atoms with Gasteiger partial charge in [-0.15, -0.1) is 0 Å². The van der Waals surface area contributed by atoms with Crippen LogP contribution in [-0.2, 0) is 11.2 Å². The third kappa shape index (κ3) is 4.47. The summed E-state index contributed by atoms with van der Waals surface area (Å²) in [5.41, 5.74) is 0.635. The average molecular weight is 279 g/mol. The lowest BCUT2D eigenvalue weighted by atomic mass is 10.0. The van der Waals surface area contributed by atoms with E-state index in [4.69, 9.17) is 9.47 Å². The largest absolute Gasteiger partial charge is 0.497 e. The number of hydrogen-bond donors (Lipinski definition) is 2. The maximum Gasteiger partial charge on any atom is 0.118 e. The topological polar surface area (TPSA) is 50.7 Å². The van der Waals surface area contributed by atoms with Gasteiger partial charge in [-0.3, -0.25) is 0 Å². The highest BCUT2D eigenvalue weighted by atomic mass is 16.5. The molecule has 1 aromatic carbocycles. The molecule has 2 unspecified atom stereocenters. The summed E-state index contributed by atoms with van der Waals surface area (Å²) in [5, 5.41) is 13.6. The first kappa shape index (κ1) is 15.3. The van der Waals surface area contributed by atoms with Crippen molar-refractivity contribution in [2.45, 2.75) is 37.8 Å². The highest BCUT2D eigenvalue weighted by Crippen LogP contribution is 2.18. The number of benzene rings is 1. The van der Waals surface area contributed by atoms with E-state index in [-0.39, 0.29) is 0 Å². The predicted molar refractivity (Wildman–Crippen MR) is 79.2 cm³/mol. The molecule has 0 aromatic heterocycles. The third-order valence-electron chi connectivity index (χ3n) is 3.89. The van der Waals surface area contributed by atoms with Crippen molar-refractivity contribution in [1.82, 2.24) is 5.32 Å². The number of rotatable bonds is 7. The summed E-state index contributed by atoms with van der Waals surface area (Å²) < 4.78 is 10.4. The Labute approximate surface area is 121 Å². The lowest BCUT2D eigenvalue weighted by Gasteiger charge is -2.23. The second-order valence-corrected chi connectivity index (χ2v) is 5.70. The van der Waals surface area contributed by atoms with E-state index in [1.807, 2.05) is 12.1 Å². The van der Waals surface area contributed by atoms with E-state index >= 15 is 0 Å². The van der Waals surface area contributed by atoms with E-state index in [1.165, 1.54) is 5.56 Å². The van der Waals surface area contributed by atoms with Gasteiger partial charge >= 0.3 is 0 Å². The molecule has 1 aliphatic rings. The zero-order valence-corrected chi connectivity index (χ0v) is 12.4. The van der Waals surface area contributed by atoms with Crippen LogP contribution in [0.3, 0.4) is 0 Å². The Balaban J connectivity index is 1.70. The van der Waals surface area contributed by atoms with Crippen LogP contribution < -0.4 is 10.1 Å². The lowest BCUT2D eigenvalue weighted by Crippen LogP contribution is -2.44. The fourth-order valence-electron chi connectivity index (χ4n) is 2.38. The molecule has 1 aromatic rings. The second-order valence-electron chi connectivity index (χ2n) is 5.70. The Hall–Kier alpha value is -1.10. The molecule has 1 fully saturated rings. The number of aliphatic hydroxyl groups is 1. The Morgan fingerprint density at radius 2 is 2.15 bits per heavy atom. The van der Waals surface area contributed by atoms with Crippen LogP contribution in [0.25, 0.3) is 0 Å². The molecule has 2 N–H and O–H groups in total. The number of aryl methyl sites for hydroxylation is 1. The van der Waals surface area contributed by atoms with Crippen molar-refractivity contribution in [3.63, 3.8) is 0 Å². The van der Waals surface area contributed by atoms with E-state index in [0.29, 0.717) is 25.8 Å². The third-order valence-corrected chi connectivity index (χ3v) is 3.89. The molecule has 4 nitrogen and oxygen atoms in total. The molecule has 112 valence electrons. The summed E-state index contributed by atoms with van der Waals surface area (Å²) in [7, 11) is 1.68. The zero-order chi connectivity index (χ0) is 14.4. The molecular formula is C16H25NO3. The Morgan fingerprint density at radius 1 is 1.40 bits per heavy atom. The van der Waals surface area contributed by atoms with Gasteiger partial charge in [0, 0.05) is 25.6 Å². The molecule has 1 heterocycles. The van der Waals surface area contributed by atoms with Gasteiger partial charge in [0.25, 0.3) is 0 Å². The standard InChI is InChI=1S/C16H25NO3/c1-13(17-11-16(18)9-10-20-12-16)3-4-14-5-7-15(19-2)8-6-14/h5-8,13,17-18H,3-4,9-12H2,1-2H3. The van der Waals surface area contributed by atoms with E-state index < -0.39 is 5.60 Å². The molecule has 1 aliphatic heterocycles. The average Bonchev–Trinajstić information content (AvgIpc) is 2.91. The summed E-state index contributed by atoms with van der Waals surface area (Å²) in [6.45, 7) is 3.88. The first-order chi connectivity index (χ1) is 9.61. The molecule has 20 heavy (non-hydrogen) atoms. The van der Waals surface area contributed by atoms with Gasteiger partial charge in [0.05, 0.1) is 13.7 Å². The molecule has 0 aliphatic carbocycles. The van der Waals surface area contributed by atoms with Gasteiger partial charge in [-0.2, -0.15) is 0 Å². The summed E-state index contributed by atoms with van der Waals surface area (Å²) in [4.78, 5) is 0. The maximum atomic E-state index is 10.2. The smallest absolute Gasteiger partial charge is 0.118 e. The van der Waals surface area contributed by atoms with Crippen molar-refractivity contribution in [1.29, 1.82) is 0 Å². The van der Waals surface area contributed by atoms with Crippen LogP contribution in [0.15, 0.2) is 24.3 Å². The van der Waals surface area contributed by atoms with Crippen LogP contribution in [0.5, 0.6) is 5.75 Å². The van der Waals surface area contributed by atoms with Crippen molar-refractivity contribution in [2.75, 3.05) is 26.9 Å². The Morgan fingerprint density at radius 3 is 2.75 bits per heavy atom. The predicted octanol–water partition coefficient (Wildman–Crippen LogP) is 1.76. The first-order valence-electron chi connectivity index (χ1n) is 7.28. The van der Waals surface area contributed by atoms with Gasteiger partial charge in [0.2, 0.25) is 0 Å². The fraction of sp³-hybridized carbons (Fsp3) is 0.625. The SMILES string of the molecule is COc1ccc(CCC(C)NCC2(O)CCOC2)cc1. The molecule has 0 bridgehead atoms. The van der Waals surface area contributed by atoms with Gasteiger partial charge in [0.15, 0.2) is 0 Å². The molecular weight excluding hydrogens is 254 g/mol. The van der Waals surface area contributed by atoms with Gasteiger partial charge in [-0.05, 0) is 37.5 Å². The van der Waals surface area contributed by atoms with Crippen LogP contribution in [0, 0.1) is 0 Å². The van der Waals surface area contributed by atoms with E-state index in [2.05, 4.69) is 24.4 Å². The van der Waals surface area contributed by atoms with Crippen LogP contribution in [0.1, 0.15) is 25.3 Å². The Bertz CT molecular complexity index is 399. The second kappa shape index (κ2) is 7.07. The van der Waals surface area contributed by atoms with Crippen LogP contribution >= 0.6 is 0 Å². The lowest BCUT2D eigenvalue weighted by molar-refractivity contribution is 0.0250. The minimum atomic E-state index is -0.672. The van der Waals surface area contributed by atoms with E-state index in [9.17, 15) is 5.11 Å². The number of ether oxygens (including phenoxy) is 2. The quantitative estimate of drug-likeness (QED) is 0.798. The number of nitrogens with one attached hydrogen (secondary N) is 1. The van der Waals surface area contributed by atoms with Crippen LogP contribution in [0.2, 0.25) is 0 Å². The van der Waals surface area contributed by atoms with Crippen molar-refractivity contribution in [3.05, 3.63) is 29.8 Å². The summed E-state index contributed by atoms with van der Waals surface area (Å²) in [6.07, 6.45) is 2.79. The summed E-state index contributed by atoms with van der Waals surface area (Å²) in [5.74, 6) is 0.892. The maximum absolute atomic E-state index is 10.2. The fourth-order valence-corrected chi connectivity index (χ4v) is 2.38. The molecule has 0 saturated carbocycles. The number of hydrogen-bond acceptors (Lipinski definition) is 4. The molecule has 0 radical (unpaired) electrons. The van der Waals surface area contributed by atoms with Gasteiger partial charge in [-0.25, -0.2) is 0 Å². The molecule has 4 heteroatoms. The summed E-state index contributed by atoms with van der Waals surface area (Å²) in [6, 6.07) is 8.56. The molecule has 2 atom stereocenters. The van der Waals surface area contributed by atoms with Gasteiger partial charge in [-0.1, -0.05) is 12.1 Å². The molecule has 2 rings (SSSR count). The van der Waals surface area contributed by atoms with Crippen molar-refractivity contribution in [2.24, 2.45) is 0 Å². The van der Waals surface area contributed by atoms with Crippen molar-refractivity contribution < 1.29 is 14.6 Å². The molecule has 0 amide bonds. The summed E-state index contributed by atoms with van der Waals surface area (Å²) >= 11 is 0. The minimum Gasteiger partial charge on any atom is -0.497 e. The van der Waals surface area contributed by atoms with Gasteiger partial charge in [0.1, 0.15) is 11.4 Å². The minimum absolute atomic E-state index is 0.377. The van der Waals surface area contributed by atoms with E-state index in [1.54, 1.807) is 7.11 Å². The number of methoxy groups -OCH3 is 1. The van der Waals surface area contributed by atoms with Crippen molar-refractivity contribution in [3.8, 4) is 5.75 Å². The normalized spacial score (nSPS) is 23.8. The van der Waals surface area contributed by atoms with Gasteiger partial charge < -0.3 is 19.9 Å². The monoisotopic (exact) mass is 279 g/mol. The van der Waals surface area contributed by atoms with Crippen LogP contribution in [-0.4, -0.2) is 43.6 Å². The molecule has 1 saturated heterocycles. The highest BCUT2D eigenvalue weighted by molar-refractivity contribution is 5.27. The van der Waals surface area contributed by atoms with E-state index in [0.717, 1.165) is 25.0 Å². The molecule has 0 spiro atoms. The van der Waals surface area contributed by atoms with Crippen LogP contribution in [0.4, 0.5) is 0 Å². The Kier molecular flexibility index (Phi) is 5.40. The zero-order valence-electron chi connectivity index (χ0n) is 12.4.